The van der Waals surface area contributed by atoms with Crippen molar-refractivity contribution in [3.8, 4) is 5.75 Å². The van der Waals surface area contributed by atoms with E-state index in [1.807, 2.05) is 0 Å². The molecule has 0 aliphatic carbocycles. The summed E-state index contributed by atoms with van der Waals surface area (Å²) < 4.78 is 6.67. The van der Waals surface area contributed by atoms with Crippen LogP contribution in [0.2, 0.25) is 0 Å². The summed E-state index contributed by atoms with van der Waals surface area (Å²) >= 11 is 0. The molecule has 0 fully saturated rings. The van der Waals surface area contributed by atoms with Crippen LogP contribution >= 0.6 is 0 Å². The van der Waals surface area contributed by atoms with Gasteiger partial charge in [0.2, 0.25) is 0 Å². The minimum atomic E-state index is -0.447. The van der Waals surface area contributed by atoms with E-state index >= 15 is 0 Å². The molecule has 2 rings (SSSR count). The molecule has 1 N–H and O–H groups in total. The van der Waals surface area contributed by atoms with Crippen LogP contribution in [0.3, 0.4) is 0 Å². The van der Waals surface area contributed by atoms with E-state index in [0.29, 0.717) is 19.6 Å². The molecule has 0 radical (unpaired) electrons. The lowest BCUT2D eigenvalue weighted by atomic mass is 10.2. The Morgan fingerprint density at radius 2 is 2.35 bits per heavy atom. The summed E-state index contributed by atoms with van der Waals surface area (Å²) in [6, 6.07) is 4.92. The number of hydrogen-bond donors (Lipinski definition) is 1. The summed E-state index contributed by atoms with van der Waals surface area (Å²) in [6.07, 6.45) is 3.40. The van der Waals surface area contributed by atoms with Crippen molar-refractivity contribution in [3.05, 3.63) is 46.3 Å². The van der Waals surface area contributed by atoms with E-state index in [2.05, 4.69) is 15.6 Å². The van der Waals surface area contributed by atoms with Crippen molar-refractivity contribution < 1.29 is 9.66 Å². The second-order valence-electron chi connectivity index (χ2n) is 4.11. The molecule has 1 aromatic carbocycles. The predicted octanol–water partition coefficient (Wildman–Crippen LogP) is 0.985. The standard InChI is InChI=1S/C12H15N5O3/c1-20-12-3-2-10(8-11(12)17(18)19)9-13-4-6-16-7-5-14-15-16/h2-3,5,7-8,13H,4,6,9H2,1H3. The first-order valence-electron chi connectivity index (χ1n) is 6.07. The van der Waals surface area contributed by atoms with Crippen LogP contribution < -0.4 is 10.1 Å². The fraction of sp³-hybridized carbons (Fsp3) is 0.333. The Labute approximate surface area is 115 Å². The summed E-state index contributed by atoms with van der Waals surface area (Å²) in [5.41, 5.74) is 0.805. The van der Waals surface area contributed by atoms with E-state index < -0.39 is 4.92 Å². The van der Waals surface area contributed by atoms with E-state index in [1.54, 1.807) is 29.2 Å². The first-order chi connectivity index (χ1) is 9.70. The Balaban J connectivity index is 1.89. The Bertz CT molecular complexity index is 570. The molecule has 0 spiro atoms. The quantitative estimate of drug-likeness (QED) is 0.460. The lowest BCUT2D eigenvalue weighted by Gasteiger charge is -2.06. The SMILES string of the molecule is COc1ccc(CNCCn2ccnn2)cc1[N+](=O)[O-]. The second-order valence-corrected chi connectivity index (χ2v) is 4.11. The molecule has 0 saturated carbocycles. The maximum atomic E-state index is 10.9. The van der Waals surface area contributed by atoms with Crippen molar-refractivity contribution in [1.29, 1.82) is 0 Å². The zero-order valence-corrected chi connectivity index (χ0v) is 11.0. The molecule has 0 aliphatic rings. The van der Waals surface area contributed by atoms with Gasteiger partial charge in [0.05, 0.1) is 24.8 Å². The number of ether oxygens (including phenoxy) is 1. The van der Waals surface area contributed by atoms with Crippen molar-refractivity contribution in [2.75, 3.05) is 13.7 Å². The topological polar surface area (TPSA) is 95.1 Å². The lowest BCUT2D eigenvalue weighted by molar-refractivity contribution is -0.385. The summed E-state index contributed by atoms with van der Waals surface area (Å²) in [6.45, 7) is 1.93. The van der Waals surface area contributed by atoms with E-state index in [-0.39, 0.29) is 11.4 Å². The van der Waals surface area contributed by atoms with Gasteiger partial charge in [-0.05, 0) is 11.6 Å². The third-order valence-corrected chi connectivity index (χ3v) is 2.76. The van der Waals surface area contributed by atoms with Crippen LogP contribution in [0.4, 0.5) is 5.69 Å². The number of nitro benzene ring substituents is 1. The molecule has 1 heterocycles. The molecule has 0 unspecified atom stereocenters. The van der Waals surface area contributed by atoms with Crippen LogP contribution in [0.25, 0.3) is 0 Å². The third kappa shape index (κ3) is 3.51. The first kappa shape index (κ1) is 13.9. The van der Waals surface area contributed by atoms with Gasteiger partial charge in [-0.25, -0.2) is 0 Å². The molecule has 20 heavy (non-hydrogen) atoms. The number of benzene rings is 1. The van der Waals surface area contributed by atoms with Gasteiger partial charge >= 0.3 is 5.69 Å². The summed E-state index contributed by atoms with van der Waals surface area (Å²) in [7, 11) is 1.42. The highest BCUT2D eigenvalue weighted by Gasteiger charge is 2.14. The Morgan fingerprint density at radius 1 is 1.50 bits per heavy atom. The minimum Gasteiger partial charge on any atom is -0.490 e. The lowest BCUT2D eigenvalue weighted by Crippen LogP contribution is -2.19. The van der Waals surface area contributed by atoms with Crippen LogP contribution in [0.5, 0.6) is 5.75 Å². The maximum Gasteiger partial charge on any atom is 0.311 e. The van der Waals surface area contributed by atoms with Gasteiger partial charge in [0.25, 0.3) is 0 Å². The predicted molar refractivity (Wildman–Crippen MR) is 71.4 cm³/mol. The number of rotatable bonds is 7. The average molecular weight is 277 g/mol. The molecule has 1 aromatic heterocycles. The molecule has 8 nitrogen and oxygen atoms in total. The normalized spacial score (nSPS) is 10.4. The van der Waals surface area contributed by atoms with Crippen molar-refractivity contribution in [1.82, 2.24) is 20.3 Å². The molecule has 0 atom stereocenters. The summed E-state index contributed by atoms with van der Waals surface area (Å²) in [5.74, 6) is 0.265. The molecular weight excluding hydrogens is 262 g/mol. The summed E-state index contributed by atoms with van der Waals surface area (Å²) in [5, 5.41) is 21.6. The van der Waals surface area contributed by atoms with Crippen molar-refractivity contribution in [2.45, 2.75) is 13.1 Å². The van der Waals surface area contributed by atoms with E-state index in [0.717, 1.165) is 5.56 Å². The number of nitrogens with one attached hydrogen (secondary N) is 1. The van der Waals surface area contributed by atoms with Gasteiger partial charge in [-0.15, -0.1) is 5.10 Å². The largest absolute Gasteiger partial charge is 0.490 e. The number of nitro groups is 1. The Kier molecular flexibility index (Phi) is 4.61. The van der Waals surface area contributed by atoms with E-state index in [4.69, 9.17) is 4.74 Å². The molecule has 0 bridgehead atoms. The van der Waals surface area contributed by atoms with Crippen LogP contribution in [0.15, 0.2) is 30.6 Å². The molecule has 8 heteroatoms. The Morgan fingerprint density at radius 3 is 3.00 bits per heavy atom. The van der Waals surface area contributed by atoms with Crippen LogP contribution in [0, 0.1) is 10.1 Å². The van der Waals surface area contributed by atoms with Gasteiger partial charge in [0.1, 0.15) is 0 Å². The molecular formula is C12H15N5O3. The molecule has 2 aromatic rings. The highest BCUT2D eigenvalue weighted by Crippen LogP contribution is 2.27. The zero-order chi connectivity index (χ0) is 14.4. The van der Waals surface area contributed by atoms with Gasteiger partial charge in [-0.2, -0.15) is 0 Å². The van der Waals surface area contributed by atoms with E-state index in [1.165, 1.54) is 13.2 Å². The fourth-order valence-corrected chi connectivity index (χ4v) is 1.77. The smallest absolute Gasteiger partial charge is 0.311 e. The second kappa shape index (κ2) is 6.62. The molecule has 0 aliphatic heterocycles. The van der Waals surface area contributed by atoms with Gasteiger partial charge in [-0.3, -0.25) is 14.8 Å². The van der Waals surface area contributed by atoms with Crippen molar-refractivity contribution in [2.24, 2.45) is 0 Å². The first-order valence-corrected chi connectivity index (χ1v) is 6.07. The number of aromatic nitrogens is 3. The number of nitrogens with zero attached hydrogens (tertiary/aromatic N) is 4. The van der Waals surface area contributed by atoms with Crippen molar-refractivity contribution >= 4 is 5.69 Å². The van der Waals surface area contributed by atoms with Gasteiger partial charge < -0.3 is 10.1 Å². The molecule has 0 amide bonds. The third-order valence-electron chi connectivity index (χ3n) is 2.76. The minimum absolute atomic E-state index is 0.0249. The van der Waals surface area contributed by atoms with E-state index in [9.17, 15) is 10.1 Å². The van der Waals surface area contributed by atoms with Gasteiger partial charge in [0.15, 0.2) is 5.75 Å². The highest BCUT2D eigenvalue weighted by atomic mass is 16.6. The number of methoxy groups -OCH3 is 1. The maximum absolute atomic E-state index is 10.9. The van der Waals surface area contributed by atoms with Crippen LogP contribution in [-0.4, -0.2) is 33.6 Å². The zero-order valence-electron chi connectivity index (χ0n) is 11.0. The van der Waals surface area contributed by atoms with Crippen LogP contribution in [0.1, 0.15) is 5.56 Å². The van der Waals surface area contributed by atoms with Gasteiger partial charge in [0, 0.05) is 25.4 Å². The average Bonchev–Trinajstić information content (AvgIpc) is 2.96. The van der Waals surface area contributed by atoms with Crippen LogP contribution in [-0.2, 0) is 13.1 Å². The van der Waals surface area contributed by atoms with Crippen molar-refractivity contribution in [3.63, 3.8) is 0 Å². The molecule has 0 saturated heterocycles. The molecule has 106 valence electrons. The van der Waals surface area contributed by atoms with Gasteiger partial charge in [-0.1, -0.05) is 11.3 Å². The summed E-state index contributed by atoms with van der Waals surface area (Å²) in [4.78, 5) is 10.5. The highest BCUT2D eigenvalue weighted by molar-refractivity contribution is 5.48. The fourth-order valence-electron chi connectivity index (χ4n) is 1.77. The number of hydrogen-bond acceptors (Lipinski definition) is 6. The Hall–Kier alpha value is -2.48. The monoisotopic (exact) mass is 277 g/mol.